The Hall–Kier alpha value is -0.120. The van der Waals surface area contributed by atoms with Gasteiger partial charge >= 0.3 is 0 Å². The van der Waals surface area contributed by atoms with Crippen LogP contribution in [0.25, 0.3) is 0 Å². The summed E-state index contributed by atoms with van der Waals surface area (Å²) in [7, 11) is 0. The molecule has 2 N–H and O–H groups in total. The van der Waals surface area contributed by atoms with Crippen molar-refractivity contribution in [3.8, 4) is 0 Å². The summed E-state index contributed by atoms with van der Waals surface area (Å²) in [5.41, 5.74) is -0.191. The number of hydrogen-bond acceptors (Lipinski definition) is 3. The standard InChI is InChI=1S/C16H31NO2/c1-4-8-15(3,18)12-17-13-11-14(19-5-2)16(13)9-6-7-10-16/h13-14,17-18H,4-12H2,1-3H3. The van der Waals surface area contributed by atoms with Crippen molar-refractivity contribution in [2.75, 3.05) is 13.2 Å². The Kier molecular flexibility index (Phi) is 4.91. The summed E-state index contributed by atoms with van der Waals surface area (Å²) in [6, 6.07) is 0.551. The van der Waals surface area contributed by atoms with E-state index in [2.05, 4.69) is 19.2 Å². The lowest BCUT2D eigenvalue weighted by Gasteiger charge is -2.54. The van der Waals surface area contributed by atoms with Gasteiger partial charge in [0.25, 0.3) is 0 Å². The average molecular weight is 269 g/mol. The van der Waals surface area contributed by atoms with Crippen LogP contribution in [0.5, 0.6) is 0 Å². The molecule has 112 valence electrons. The van der Waals surface area contributed by atoms with E-state index in [1.807, 2.05) is 6.92 Å². The molecule has 0 bridgehead atoms. The van der Waals surface area contributed by atoms with E-state index in [1.54, 1.807) is 0 Å². The van der Waals surface area contributed by atoms with Gasteiger partial charge in [0, 0.05) is 24.6 Å². The lowest BCUT2D eigenvalue weighted by Crippen LogP contribution is -2.64. The normalized spacial score (nSPS) is 32.2. The smallest absolute Gasteiger partial charge is 0.0743 e. The van der Waals surface area contributed by atoms with E-state index in [0.29, 0.717) is 24.1 Å². The third-order valence-corrected chi connectivity index (χ3v) is 5.21. The zero-order valence-corrected chi connectivity index (χ0v) is 12.9. The number of aliphatic hydroxyl groups is 1. The fourth-order valence-electron chi connectivity index (χ4n) is 4.14. The van der Waals surface area contributed by atoms with Crippen molar-refractivity contribution in [3.63, 3.8) is 0 Å². The fraction of sp³-hybridized carbons (Fsp3) is 1.00. The first-order valence-corrected chi connectivity index (χ1v) is 8.11. The highest BCUT2D eigenvalue weighted by Gasteiger charge is 2.56. The fourth-order valence-corrected chi connectivity index (χ4v) is 4.14. The van der Waals surface area contributed by atoms with Gasteiger partial charge in [0.2, 0.25) is 0 Å². The quantitative estimate of drug-likeness (QED) is 0.747. The van der Waals surface area contributed by atoms with Gasteiger partial charge in [0.1, 0.15) is 0 Å². The van der Waals surface area contributed by atoms with E-state index in [0.717, 1.165) is 25.9 Å². The van der Waals surface area contributed by atoms with Crippen LogP contribution in [0.2, 0.25) is 0 Å². The molecule has 19 heavy (non-hydrogen) atoms. The maximum Gasteiger partial charge on any atom is 0.0743 e. The molecule has 2 fully saturated rings. The molecule has 0 saturated heterocycles. The Morgan fingerprint density at radius 2 is 2.00 bits per heavy atom. The molecular weight excluding hydrogens is 238 g/mol. The van der Waals surface area contributed by atoms with Gasteiger partial charge in [-0.1, -0.05) is 26.2 Å². The largest absolute Gasteiger partial charge is 0.389 e. The van der Waals surface area contributed by atoms with Crippen molar-refractivity contribution >= 4 is 0 Å². The van der Waals surface area contributed by atoms with E-state index < -0.39 is 5.60 Å². The Morgan fingerprint density at radius 1 is 1.32 bits per heavy atom. The van der Waals surface area contributed by atoms with E-state index in [4.69, 9.17) is 4.74 Å². The first-order valence-electron chi connectivity index (χ1n) is 8.11. The summed E-state index contributed by atoms with van der Waals surface area (Å²) in [4.78, 5) is 0. The molecule has 2 rings (SSSR count). The van der Waals surface area contributed by atoms with Gasteiger partial charge in [-0.25, -0.2) is 0 Å². The molecule has 2 aliphatic rings. The molecule has 0 aliphatic heterocycles. The predicted octanol–water partition coefficient (Wildman–Crippen LogP) is 2.86. The molecule has 0 aromatic carbocycles. The summed E-state index contributed by atoms with van der Waals surface area (Å²) >= 11 is 0. The van der Waals surface area contributed by atoms with Crippen molar-refractivity contribution in [1.29, 1.82) is 0 Å². The summed E-state index contributed by atoms with van der Waals surface area (Å²) in [5, 5.41) is 13.9. The second-order valence-electron chi connectivity index (χ2n) is 6.80. The minimum absolute atomic E-state index is 0.373. The maximum absolute atomic E-state index is 10.3. The zero-order valence-electron chi connectivity index (χ0n) is 12.9. The molecular formula is C16H31NO2. The third-order valence-electron chi connectivity index (χ3n) is 5.21. The van der Waals surface area contributed by atoms with Gasteiger partial charge in [0.15, 0.2) is 0 Å². The average Bonchev–Trinajstić information content (AvgIpc) is 2.84. The van der Waals surface area contributed by atoms with Crippen molar-refractivity contribution in [3.05, 3.63) is 0 Å². The van der Waals surface area contributed by atoms with E-state index >= 15 is 0 Å². The predicted molar refractivity (Wildman–Crippen MR) is 78.3 cm³/mol. The van der Waals surface area contributed by atoms with Gasteiger partial charge < -0.3 is 15.2 Å². The Bertz CT molecular complexity index is 284. The van der Waals surface area contributed by atoms with Crippen molar-refractivity contribution in [2.24, 2.45) is 5.41 Å². The number of ether oxygens (including phenoxy) is 1. The molecule has 2 saturated carbocycles. The van der Waals surface area contributed by atoms with Crippen LogP contribution in [0.3, 0.4) is 0 Å². The van der Waals surface area contributed by atoms with Crippen LogP contribution in [0, 0.1) is 5.41 Å². The molecule has 0 aromatic rings. The summed E-state index contributed by atoms with van der Waals surface area (Å²) in [6.45, 7) is 7.71. The lowest BCUT2D eigenvalue weighted by atomic mass is 9.60. The molecule has 2 aliphatic carbocycles. The second kappa shape index (κ2) is 6.11. The van der Waals surface area contributed by atoms with E-state index in [1.165, 1.54) is 25.7 Å². The highest BCUT2D eigenvalue weighted by Crippen LogP contribution is 2.54. The maximum atomic E-state index is 10.3. The molecule has 0 radical (unpaired) electrons. The summed E-state index contributed by atoms with van der Waals surface area (Å²) in [5.74, 6) is 0. The number of hydrogen-bond donors (Lipinski definition) is 2. The highest BCUT2D eigenvalue weighted by atomic mass is 16.5. The van der Waals surface area contributed by atoms with Gasteiger partial charge in [-0.05, 0) is 39.5 Å². The van der Waals surface area contributed by atoms with Gasteiger partial charge in [-0.3, -0.25) is 0 Å². The zero-order chi connectivity index (χ0) is 13.9. The molecule has 3 unspecified atom stereocenters. The topological polar surface area (TPSA) is 41.5 Å². The first kappa shape index (κ1) is 15.3. The molecule has 3 atom stereocenters. The number of rotatable bonds is 7. The minimum Gasteiger partial charge on any atom is -0.389 e. The van der Waals surface area contributed by atoms with Crippen molar-refractivity contribution < 1.29 is 9.84 Å². The molecule has 0 aromatic heterocycles. The molecule has 3 heteroatoms. The molecule has 3 nitrogen and oxygen atoms in total. The van der Waals surface area contributed by atoms with Crippen LogP contribution < -0.4 is 5.32 Å². The Balaban J connectivity index is 1.87. The second-order valence-corrected chi connectivity index (χ2v) is 6.80. The van der Waals surface area contributed by atoms with Crippen LogP contribution >= 0.6 is 0 Å². The monoisotopic (exact) mass is 269 g/mol. The van der Waals surface area contributed by atoms with Crippen LogP contribution in [-0.2, 0) is 4.74 Å². The SMILES string of the molecule is CCCC(C)(O)CNC1CC(OCC)C12CCCC2. The molecule has 0 heterocycles. The van der Waals surface area contributed by atoms with Crippen molar-refractivity contribution in [2.45, 2.75) is 83.5 Å². The van der Waals surface area contributed by atoms with Crippen LogP contribution in [0.4, 0.5) is 0 Å². The van der Waals surface area contributed by atoms with E-state index in [-0.39, 0.29) is 0 Å². The van der Waals surface area contributed by atoms with Crippen LogP contribution in [0.15, 0.2) is 0 Å². The van der Waals surface area contributed by atoms with Crippen LogP contribution in [0.1, 0.15) is 65.7 Å². The first-order chi connectivity index (χ1) is 9.04. The van der Waals surface area contributed by atoms with E-state index in [9.17, 15) is 5.11 Å². The minimum atomic E-state index is -0.564. The molecule has 1 spiro atoms. The molecule has 0 amide bonds. The number of nitrogens with one attached hydrogen (secondary N) is 1. The summed E-state index contributed by atoms with van der Waals surface area (Å²) < 4.78 is 5.92. The van der Waals surface area contributed by atoms with Crippen molar-refractivity contribution in [1.82, 2.24) is 5.32 Å². The summed E-state index contributed by atoms with van der Waals surface area (Å²) in [6.07, 6.45) is 8.75. The Morgan fingerprint density at radius 3 is 2.58 bits per heavy atom. The Labute approximate surface area is 118 Å². The van der Waals surface area contributed by atoms with Crippen LogP contribution in [-0.4, -0.2) is 36.0 Å². The third kappa shape index (κ3) is 3.14. The highest BCUT2D eigenvalue weighted by molar-refractivity contribution is 5.10. The van der Waals surface area contributed by atoms with Gasteiger partial charge in [-0.15, -0.1) is 0 Å². The van der Waals surface area contributed by atoms with Gasteiger partial charge in [-0.2, -0.15) is 0 Å². The lowest BCUT2D eigenvalue weighted by molar-refractivity contribution is -0.133. The van der Waals surface area contributed by atoms with Gasteiger partial charge in [0.05, 0.1) is 11.7 Å².